The molecule has 1 fully saturated rings. The highest BCUT2D eigenvalue weighted by molar-refractivity contribution is 8.22. The van der Waals surface area contributed by atoms with Crippen molar-refractivity contribution >= 4 is 45.0 Å². The average molecular weight is 503 g/mol. The predicted molar refractivity (Wildman–Crippen MR) is 139 cm³/mol. The molecule has 2 aromatic carbocycles. The lowest BCUT2D eigenvalue weighted by molar-refractivity contribution is 0.126. The highest BCUT2D eigenvalue weighted by atomic mass is 32.2. The summed E-state index contributed by atoms with van der Waals surface area (Å²) in [6, 6.07) is 11.6. The third-order valence-corrected chi connectivity index (χ3v) is 7.57. The molecule has 6 nitrogen and oxygen atoms in total. The zero-order valence-electron chi connectivity index (χ0n) is 19.1. The van der Waals surface area contributed by atoms with Crippen LogP contribution in [0.15, 0.2) is 51.7 Å². The molecule has 1 unspecified atom stereocenters. The minimum Gasteiger partial charge on any atom is -0.491 e. The van der Waals surface area contributed by atoms with Gasteiger partial charge in [-0.3, -0.25) is 4.79 Å². The molecule has 3 aromatic rings. The lowest BCUT2D eigenvalue weighted by atomic mass is 10.1. The molecule has 180 valence electrons. The number of nitrogens with zero attached hydrogens (tertiary/aromatic N) is 2. The van der Waals surface area contributed by atoms with Crippen molar-refractivity contribution in [3.05, 3.63) is 69.8 Å². The molecule has 0 saturated carbocycles. The maximum Gasteiger partial charge on any atom is 0.195 e. The highest BCUT2D eigenvalue weighted by Crippen LogP contribution is 2.22. The van der Waals surface area contributed by atoms with E-state index in [1.807, 2.05) is 0 Å². The van der Waals surface area contributed by atoms with Gasteiger partial charge in [0.15, 0.2) is 5.43 Å². The lowest BCUT2D eigenvalue weighted by Gasteiger charge is -2.37. The van der Waals surface area contributed by atoms with Crippen molar-refractivity contribution in [2.45, 2.75) is 20.0 Å². The minimum atomic E-state index is -0.703. The van der Waals surface area contributed by atoms with Gasteiger partial charge in [0.2, 0.25) is 0 Å². The minimum absolute atomic E-state index is 0.0475. The van der Waals surface area contributed by atoms with E-state index < -0.39 is 6.10 Å². The number of benzene rings is 2. The Hall–Kier alpha value is -2.62. The third kappa shape index (κ3) is 5.71. The Labute approximate surface area is 207 Å². The van der Waals surface area contributed by atoms with Gasteiger partial charge in [0.1, 0.15) is 33.8 Å². The summed E-state index contributed by atoms with van der Waals surface area (Å²) in [5.74, 6) is 1.29. The molecule has 1 saturated heterocycles. The van der Waals surface area contributed by atoms with E-state index in [0.717, 1.165) is 36.2 Å². The van der Waals surface area contributed by atoms with Gasteiger partial charge in [0.25, 0.3) is 0 Å². The second-order valence-corrected chi connectivity index (χ2v) is 9.92. The van der Waals surface area contributed by atoms with Crippen molar-refractivity contribution < 1.29 is 18.7 Å². The first-order valence-corrected chi connectivity index (χ1v) is 12.5. The molecule has 4 rings (SSSR count). The highest BCUT2D eigenvalue weighted by Gasteiger charge is 2.20. The van der Waals surface area contributed by atoms with Crippen LogP contribution in [-0.4, -0.2) is 59.0 Å². The largest absolute Gasteiger partial charge is 0.491 e. The molecule has 0 bridgehead atoms. The molecule has 1 N–H and O–H groups in total. The van der Waals surface area contributed by atoms with Gasteiger partial charge in [-0.15, -0.1) is 0 Å². The molecule has 1 aliphatic rings. The van der Waals surface area contributed by atoms with Crippen LogP contribution in [0.3, 0.4) is 0 Å². The van der Waals surface area contributed by atoms with Gasteiger partial charge in [0.05, 0.1) is 11.5 Å². The Morgan fingerprint density at radius 2 is 1.88 bits per heavy atom. The molecular formula is C25H27FN2O4S2. The van der Waals surface area contributed by atoms with Gasteiger partial charge in [0, 0.05) is 49.2 Å². The van der Waals surface area contributed by atoms with Crippen molar-refractivity contribution in [2.24, 2.45) is 0 Å². The second kappa shape index (κ2) is 10.8. The number of piperazine rings is 1. The van der Waals surface area contributed by atoms with Crippen molar-refractivity contribution in [3.63, 3.8) is 0 Å². The van der Waals surface area contributed by atoms with E-state index in [1.54, 1.807) is 44.2 Å². The number of fused-ring (bicyclic) bond motifs is 1. The van der Waals surface area contributed by atoms with E-state index in [-0.39, 0.29) is 17.9 Å². The number of thiocarbonyl (C=S) groups is 1. The van der Waals surface area contributed by atoms with Crippen LogP contribution < -0.4 is 15.1 Å². The first-order valence-electron chi connectivity index (χ1n) is 11.1. The van der Waals surface area contributed by atoms with E-state index in [1.165, 1.54) is 23.9 Å². The van der Waals surface area contributed by atoms with Crippen LogP contribution in [0, 0.1) is 19.7 Å². The number of rotatable bonds is 6. The van der Waals surface area contributed by atoms with Crippen LogP contribution in [-0.2, 0) is 0 Å². The summed E-state index contributed by atoms with van der Waals surface area (Å²) < 4.78 is 25.3. The van der Waals surface area contributed by atoms with E-state index >= 15 is 0 Å². The smallest absolute Gasteiger partial charge is 0.195 e. The van der Waals surface area contributed by atoms with Crippen molar-refractivity contribution in [2.75, 3.05) is 43.4 Å². The number of aryl methyl sites for hydroxylation is 1. The van der Waals surface area contributed by atoms with Crippen LogP contribution >= 0.6 is 24.0 Å². The van der Waals surface area contributed by atoms with Gasteiger partial charge in [-0.25, -0.2) is 4.39 Å². The fourth-order valence-corrected chi connectivity index (χ4v) is 4.95. The molecule has 2 heterocycles. The molecule has 9 heteroatoms. The molecule has 0 amide bonds. The van der Waals surface area contributed by atoms with Gasteiger partial charge < -0.3 is 24.1 Å². The zero-order chi connectivity index (χ0) is 24.2. The fourth-order valence-electron chi connectivity index (χ4n) is 3.77. The molecule has 1 aliphatic heterocycles. The summed E-state index contributed by atoms with van der Waals surface area (Å²) in [5.41, 5.74) is 2.02. The van der Waals surface area contributed by atoms with Gasteiger partial charge in [-0.1, -0.05) is 24.0 Å². The van der Waals surface area contributed by atoms with Crippen LogP contribution in [0.4, 0.5) is 10.1 Å². The summed E-state index contributed by atoms with van der Waals surface area (Å²) >= 11 is 6.99. The second-order valence-electron chi connectivity index (χ2n) is 8.26. The topological polar surface area (TPSA) is 66.2 Å². The summed E-state index contributed by atoms with van der Waals surface area (Å²) in [6.45, 7) is 6.76. The van der Waals surface area contributed by atoms with Crippen molar-refractivity contribution in [1.82, 2.24) is 4.90 Å². The molecule has 1 aromatic heterocycles. The number of ether oxygens (including phenoxy) is 1. The predicted octanol–water partition coefficient (Wildman–Crippen LogP) is 4.13. The Balaban J connectivity index is 1.23. The van der Waals surface area contributed by atoms with E-state index in [9.17, 15) is 14.3 Å². The van der Waals surface area contributed by atoms with Crippen LogP contribution in [0.5, 0.6) is 5.75 Å². The number of anilines is 1. The maximum atomic E-state index is 13.1. The summed E-state index contributed by atoms with van der Waals surface area (Å²) in [5, 5.41) is 10.9. The lowest BCUT2D eigenvalue weighted by Crippen LogP contribution is -2.47. The summed E-state index contributed by atoms with van der Waals surface area (Å²) in [4.78, 5) is 16.7. The Morgan fingerprint density at radius 3 is 2.59 bits per heavy atom. The SMILES string of the molecule is Cc1oc2cc(OCC(O)CSC(=S)N3CCN(c4ccc(F)cc4)CC3)ccc2c(=O)c1C. The van der Waals surface area contributed by atoms with E-state index in [2.05, 4.69) is 9.80 Å². The van der Waals surface area contributed by atoms with Crippen molar-refractivity contribution in [1.29, 1.82) is 0 Å². The number of aliphatic hydroxyl groups excluding tert-OH is 1. The molecular weight excluding hydrogens is 475 g/mol. The van der Waals surface area contributed by atoms with Crippen LogP contribution in [0.25, 0.3) is 11.0 Å². The van der Waals surface area contributed by atoms with E-state index in [4.69, 9.17) is 21.4 Å². The molecule has 0 aliphatic carbocycles. The number of thioether (sulfide) groups is 1. The first-order chi connectivity index (χ1) is 16.3. The quantitative estimate of drug-likeness (QED) is 0.505. The summed E-state index contributed by atoms with van der Waals surface area (Å²) in [6.07, 6.45) is -0.703. The fraction of sp³-hybridized carbons (Fsp3) is 0.360. The number of halogens is 1. The molecule has 1 atom stereocenters. The first kappa shape index (κ1) is 24.5. The zero-order valence-corrected chi connectivity index (χ0v) is 20.8. The Kier molecular flexibility index (Phi) is 7.75. The van der Waals surface area contributed by atoms with E-state index in [0.29, 0.717) is 33.8 Å². The van der Waals surface area contributed by atoms with Gasteiger partial charge in [-0.05, 0) is 50.2 Å². The molecule has 0 spiro atoms. The number of hydrogen-bond donors (Lipinski definition) is 1. The van der Waals surface area contributed by atoms with Crippen LogP contribution in [0.2, 0.25) is 0 Å². The van der Waals surface area contributed by atoms with Crippen LogP contribution in [0.1, 0.15) is 11.3 Å². The van der Waals surface area contributed by atoms with Gasteiger partial charge >= 0.3 is 0 Å². The molecule has 34 heavy (non-hydrogen) atoms. The third-order valence-electron chi connectivity index (χ3n) is 5.90. The number of hydrogen-bond acceptors (Lipinski definition) is 7. The standard InChI is InChI=1S/C25H27FN2O4S2/c1-16-17(2)32-23-13-21(7-8-22(23)24(16)30)31-14-20(29)15-34-25(33)28-11-9-27(10-12-28)19-5-3-18(26)4-6-19/h3-8,13,20,29H,9-12,14-15H2,1-2H3. The van der Waals surface area contributed by atoms with Gasteiger partial charge in [-0.2, -0.15) is 0 Å². The normalized spacial score (nSPS) is 14.9. The average Bonchev–Trinajstić information content (AvgIpc) is 2.85. The maximum absolute atomic E-state index is 13.1. The van der Waals surface area contributed by atoms with Crippen molar-refractivity contribution in [3.8, 4) is 5.75 Å². The Bertz CT molecular complexity index is 1220. The Morgan fingerprint density at radius 1 is 1.18 bits per heavy atom. The monoisotopic (exact) mass is 502 g/mol. The summed E-state index contributed by atoms with van der Waals surface area (Å²) in [7, 11) is 0. The number of aliphatic hydroxyl groups is 1. The molecule has 0 radical (unpaired) electrons.